The van der Waals surface area contributed by atoms with Crippen molar-refractivity contribution in [2.45, 2.75) is 26.9 Å². The lowest BCUT2D eigenvalue weighted by atomic mass is 10.2. The Morgan fingerprint density at radius 2 is 2.35 bits per heavy atom. The van der Waals surface area contributed by atoms with Crippen LogP contribution in [0.25, 0.3) is 0 Å². The van der Waals surface area contributed by atoms with Gasteiger partial charge in [-0.15, -0.1) is 11.3 Å². The number of thiazole rings is 1. The first-order valence-corrected chi connectivity index (χ1v) is 6.71. The summed E-state index contributed by atoms with van der Waals surface area (Å²) in [5.74, 6) is 1.75. The van der Waals surface area contributed by atoms with Crippen LogP contribution in [0.15, 0.2) is 24.1 Å². The fourth-order valence-electron chi connectivity index (χ4n) is 1.61. The molecule has 0 aliphatic carbocycles. The van der Waals surface area contributed by atoms with Crippen molar-refractivity contribution in [1.29, 1.82) is 0 Å². The van der Waals surface area contributed by atoms with E-state index in [1.165, 1.54) is 4.88 Å². The van der Waals surface area contributed by atoms with Gasteiger partial charge < -0.3 is 9.88 Å². The third-order valence-corrected chi connectivity index (χ3v) is 3.21. The van der Waals surface area contributed by atoms with Gasteiger partial charge in [0, 0.05) is 23.5 Å². The lowest BCUT2D eigenvalue weighted by Crippen LogP contribution is -2.21. The summed E-state index contributed by atoms with van der Waals surface area (Å²) >= 11 is 1.68. The molecular weight excluding hydrogens is 232 g/mol. The van der Waals surface area contributed by atoms with Crippen molar-refractivity contribution in [2.75, 3.05) is 6.54 Å². The second kappa shape index (κ2) is 5.93. The Labute approximate surface area is 106 Å². The van der Waals surface area contributed by atoms with E-state index >= 15 is 0 Å². The number of hydrogen-bond acceptors (Lipinski definition) is 4. The molecule has 17 heavy (non-hydrogen) atoms. The molecule has 0 bridgehead atoms. The van der Waals surface area contributed by atoms with Crippen molar-refractivity contribution in [2.24, 2.45) is 5.92 Å². The first kappa shape index (κ1) is 12.3. The van der Waals surface area contributed by atoms with Crippen LogP contribution in [0.5, 0.6) is 0 Å². The first-order chi connectivity index (χ1) is 8.25. The van der Waals surface area contributed by atoms with E-state index < -0.39 is 0 Å². The highest BCUT2D eigenvalue weighted by molar-refractivity contribution is 7.09. The highest BCUT2D eigenvalue weighted by Crippen LogP contribution is 2.09. The minimum Gasteiger partial charge on any atom is -0.329 e. The van der Waals surface area contributed by atoms with E-state index in [0.717, 1.165) is 25.5 Å². The highest BCUT2D eigenvalue weighted by atomic mass is 32.1. The first-order valence-electron chi connectivity index (χ1n) is 5.84. The lowest BCUT2D eigenvalue weighted by Gasteiger charge is -2.09. The molecule has 0 fully saturated rings. The summed E-state index contributed by atoms with van der Waals surface area (Å²) in [7, 11) is 0. The Kier molecular flexibility index (Phi) is 4.28. The van der Waals surface area contributed by atoms with Crippen LogP contribution in [0.1, 0.15) is 24.5 Å². The van der Waals surface area contributed by atoms with E-state index in [4.69, 9.17) is 0 Å². The van der Waals surface area contributed by atoms with Gasteiger partial charge in [0.15, 0.2) is 0 Å². The summed E-state index contributed by atoms with van der Waals surface area (Å²) in [6, 6.07) is 0. The van der Waals surface area contributed by atoms with Crippen molar-refractivity contribution in [3.63, 3.8) is 0 Å². The molecule has 0 atom stereocenters. The van der Waals surface area contributed by atoms with Crippen LogP contribution >= 0.6 is 11.3 Å². The number of nitrogens with zero attached hydrogens (tertiary/aromatic N) is 3. The summed E-state index contributed by atoms with van der Waals surface area (Å²) in [5.41, 5.74) is 1.86. The maximum absolute atomic E-state index is 4.38. The predicted molar refractivity (Wildman–Crippen MR) is 70.0 cm³/mol. The zero-order chi connectivity index (χ0) is 12.1. The molecule has 2 rings (SSSR count). The van der Waals surface area contributed by atoms with Gasteiger partial charge in [-0.3, -0.25) is 4.98 Å². The van der Waals surface area contributed by atoms with Crippen LogP contribution in [-0.2, 0) is 13.1 Å². The Bertz CT molecular complexity index is 433. The number of hydrogen-bond donors (Lipinski definition) is 1. The lowest BCUT2D eigenvalue weighted by molar-refractivity contribution is 0.533. The Hall–Kier alpha value is -1.20. The van der Waals surface area contributed by atoms with Crippen molar-refractivity contribution >= 4 is 11.3 Å². The normalized spacial score (nSPS) is 11.2. The average Bonchev–Trinajstić information content (AvgIpc) is 2.91. The molecule has 0 aromatic carbocycles. The molecule has 0 saturated carbocycles. The zero-order valence-corrected chi connectivity index (χ0v) is 11.1. The van der Waals surface area contributed by atoms with Crippen LogP contribution in [0, 0.1) is 5.92 Å². The van der Waals surface area contributed by atoms with Gasteiger partial charge in [-0.2, -0.15) is 0 Å². The van der Waals surface area contributed by atoms with Crippen molar-refractivity contribution in [1.82, 2.24) is 19.9 Å². The Morgan fingerprint density at radius 3 is 3.06 bits per heavy atom. The van der Waals surface area contributed by atoms with Crippen LogP contribution in [0.2, 0.25) is 0 Å². The second-order valence-electron chi connectivity index (χ2n) is 4.46. The average molecular weight is 250 g/mol. The molecule has 2 aromatic heterocycles. The molecule has 0 amide bonds. The zero-order valence-electron chi connectivity index (χ0n) is 10.3. The van der Waals surface area contributed by atoms with E-state index in [2.05, 4.69) is 33.7 Å². The fraction of sp³-hybridized carbons (Fsp3) is 0.500. The molecular formula is C12H18N4S. The van der Waals surface area contributed by atoms with Crippen LogP contribution < -0.4 is 5.32 Å². The van der Waals surface area contributed by atoms with Gasteiger partial charge in [0.1, 0.15) is 5.82 Å². The van der Waals surface area contributed by atoms with Gasteiger partial charge in [0.25, 0.3) is 0 Å². The summed E-state index contributed by atoms with van der Waals surface area (Å²) in [6.45, 7) is 7.12. The van der Waals surface area contributed by atoms with Gasteiger partial charge in [0.05, 0.1) is 18.6 Å². The molecule has 0 radical (unpaired) electrons. The molecule has 0 aliphatic heterocycles. The third-order valence-electron chi connectivity index (χ3n) is 2.45. The van der Waals surface area contributed by atoms with Crippen LogP contribution in [0.3, 0.4) is 0 Å². The van der Waals surface area contributed by atoms with E-state index in [-0.39, 0.29) is 0 Å². The fourth-order valence-corrected chi connectivity index (χ4v) is 2.20. The van der Waals surface area contributed by atoms with Gasteiger partial charge in [-0.1, -0.05) is 13.8 Å². The Morgan fingerprint density at radius 1 is 1.47 bits per heavy atom. The van der Waals surface area contributed by atoms with E-state index in [0.29, 0.717) is 5.92 Å². The minimum absolute atomic E-state index is 0.667. The van der Waals surface area contributed by atoms with Crippen molar-refractivity contribution in [3.05, 3.63) is 34.8 Å². The molecule has 0 spiro atoms. The SMILES string of the molecule is CC(C)CNCc1nccn1Cc1cncs1. The topological polar surface area (TPSA) is 42.7 Å². The smallest absolute Gasteiger partial charge is 0.122 e. The van der Waals surface area contributed by atoms with Crippen LogP contribution in [-0.4, -0.2) is 21.1 Å². The summed E-state index contributed by atoms with van der Waals surface area (Å²) < 4.78 is 2.17. The molecule has 2 heterocycles. The maximum atomic E-state index is 4.38. The van der Waals surface area contributed by atoms with Gasteiger partial charge >= 0.3 is 0 Å². The molecule has 92 valence electrons. The summed E-state index contributed by atoms with van der Waals surface area (Å²) in [5, 5.41) is 3.41. The second-order valence-corrected chi connectivity index (χ2v) is 5.43. The minimum atomic E-state index is 0.667. The maximum Gasteiger partial charge on any atom is 0.122 e. The molecule has 0 aliphatic rings. The van der Waals surface area contributed by atoms with Gasteiger partial charge in [-0.25, -0.2) is 4.98 Å². The summed E-state index contributed by atoms with van der Waals surface area (Å²) in [6.07, 6.45) is 5.79. The predicted octanol–water partition coefficient (Wildman–Crippen LogP) is 2.13. The highest BCUT2D eigenvalue weighted by Gasteiger charge is 2.04. The number of imidazole rings is 1. The van der Waals surface area contributed by atoms with Crippen molar-refractivity contribution < 1.29 is 0 Å². The van der Waals surface area contributed by atoms with Gasteiger partial charge in [0.2, 0.25) is 0 Å². The van der Waals surface area contributed by atoms with E-state index in [9.17, 15) is 0 Å². The van der Waals surface area contributed by atoms with Crippen molar-refractivity contribution in [3.8, 4) is 0 Å². The van der Waals surface area contributed by atoms with Crippen LogP contribution in [0.4, 0.5) is 0 Å². The number of aromatic nitrogens is 3. The van der Waals surface area contributed by atoms with E-state index in [1.54, 1.807) is 11.3 Å². The standard InChI is InChI=1S/C12H18N4S/c1-10(2)5-13-7-12-15-3-4-16(12)8-11-6-14-9-17-11/h3-4,6,9-10,13H,5,7-8H2,1-2H3. The molecule has 0 saturated heterocycles. The number of rotatable bonds is 6. The number of nitrogens with one attached hydrogen (secondary N) is 1. The van der Waals surface area contributed by atoms with E-state index in [1.807, 2.05) is 24.1 Å². The molecule has 5 heteroatoms. The molecule has 4 nitrogen and oxygen atoms in total. The molecule has 0 unspecified atom stereocenters. The Balaban J connectivity index is 1.92. The quantitative estimate of drug-likeness (QED) is 0.854. The molecule has 2 aromatic rings. The molecule has 1 N–H and O–H groups in total. The summed E-state index contributed by atoms with van der Waals surface area (Å²) in [4.78, 5) is 9.72. The monoisotopic (exact) mass is 250 g/mol. The van der Waals surface area contributed by atoms with Gasteiger partial charge in [-0.05, 0) is 12.5 Å². The largest absolute Gasteiger partial charge is 0.329 e. The third kappa shape index (κ3) is 3.64.